The Balaban J connectivity index is 4.57. The van der Waals surface area contributed by atoms with Crippen molar-refractivity contribution in [3.8, 4) is 0 Å². The molecule has 0 saturated carbocycles. The van der Waals surface area contributed by atoms with Crippen LogP contribution in [0.4, 0.5) is 4.79 Å². The van der Waals surface area contributed by atoms with E-state index in [1.165, 1.54) is 7.11 Å². The predicted octanol–water partition coefficient (Wildman–Crippen LogP) is 2.16. The summed E-state index contributed by atoms with van der Waals surface area (Å²) in [5, 5.41) is 12.2. The summed E-state index contributed by atoms with van der Waals surface area (Å²) < 4.78 is 9.75. The number of carbonyl (C=O) groups is 2. The van der Waals surface area contributed by atoms with Crippen molar-refractivity contribution in [2.45, 2.75) is 65.2 Å². The van der Waals surface area contributed by atoms with Crippen LogP contribution in [0, 0.1) is 0 Å². The Hall–Kier alpha value is -1.56. The van der Waals surface area contributed by atoms with Crippen LogP contribution in [-0.2, 0) is 14.3 Å². The van der Waals surface area contributed by atoms with Crippen LogP contribution in [0.1, 0.15) is 47.5 Å². The van der Waals surface area contributed by atoms with Gasteiger partial charge in [0.1, 0.15) is 11.6 Å². The Morgan fingerprint density at radius 3 is 2.24 bits per heavy atom. The van der Waals surface area contributed by atoms with Crippen molar-refractivity contribution >= 4 is 12.1 Å². The topological polar surface area (TPSA) is 84.9 Å². The van der Waals surface area contributed by atoms with Gasteiger partial charge in [-0.2, -0.15) is 0 Å². The maximum absolute atomic E-state index is 11.7. The number of allylic oxidation sites excluding steroid dienone is 1. The van der Waals surface area contributed by atoms with Gasteiger partial charge in [0.15, 0.2) is 0 Å². The molecule has 6 heteroatoms. The van der Waals surface area contributed by atoms with Gasteiger partial charge in [0, 0.05) is 0 Å². The Morgan fingerprint density at radius 1 is 1.24 bits per heavy atom. The molecule has 21 heavy (non-hydrogen) atoms. The second-order valence-electron chi connectivity index (χ2n) is 6.11. The third kappa shape index (κ3) is 9.90. The summed E-state index contributed by atoms with van der Waals surface area (Å²) in [4.78, 5) is 23.4. The van der Waals surface area contributed by atoms with Gasteiger partial charge >= 0.3 is 12.1 Å². The summed E-state index contributed by atoms with van der Waals surface area (Å²) in [5.41, 5.74) is 0.337. The van der Waals surface area contributed by atoms with E-state index in [1.54, 1.807) is 26.8 Å². The summed E-state index contributed by atoms with van der Waals surface area (Å²) in [7, 11) is 1.25. The molecule has 0 heterocycles. The fourth-order valence-corrected chi connectivity index (χ4v) is 1.65. The van der Waals surface area contributed by atoms with Gasteiger partial charge in [0.05, 0.1) is 13.2 Å². The molecule has 0 bridgehead atoms. The molecule has 0 aromatic rings. The lowest BCUT2D eigenvalue weighted by molar-refractivity contribution is -0.143. The predicted molar refractivity (Wildman–Crippen MR) is 79.8 cm³/mol. The smallest absolute Gasteiger partial charge is 0.408 e. The lowest BCUT2D eigenvalue weighted by atomic mass is 10.1. The number of aliphatic hydroxyl groups is 1. The number of hydrogen-bond donors (Lipinski definition) is 2. The Bertz CT molecular complexity index is 380. The first-order valence-electron chi connectivity index (χ1n) is 6.95. The maximum Gasteiger partial charge on any atom is 0.408 e. The molecule has 0 aliphatic heterocycles. The third-order valence-electron chi connectivity index (χ3n) is 2.45. The van der Waals surface area contributed by atoms with E-state index in [0.717, 1.165) is 5.57 Å². The number of methoxy groups -OCH3 is 1. The van der Waals surface area contributed by atoms with Crippen molar-refractivity contribution in [1.82, 2.24) is 5.32 Å². The van der Waals surface area contributed by atoms with Crippen LogP contribution in [0.2, 0.25) is 0 Å². The maximum atomic E-state index is 11.7. The van der Waals surface area contributed by atoms with Gasteiger partial charge in [-0.3, -0.25) is 0 Å². The second-order valence-corrected chi connectivity index (χ2v) is 6.11. The van der Waals surface area contributed by atoms with Gasteiger partial charge in [-0.25, -0.2) is 9.59 Å². The van der Waals surface area contributed by atoms with E-state index in [-0.39, 0.29) is 6.42 Å². The number of nitrogens with one attached hydrogen (secondary N) is 1. The zero-order chi connectivity index (χ0) is 16.6. The quantitative estimate of drug-likeness (QED) is 0.580. The molecular weight excluding hydrogens is 274 g/mol. The van der Waals surface area contributed by atoms with E-state index in [2.05, 4.69) is 10.1 Å². The van der Waals surface area contributed by atoms with Crippen molar-refractivity contribution in [1.29, 1.82) is 0 Å². The number of alkyl carbamates (subject to hydrolysis) is 1. The fraction of sp³-hybridized carbons (Fsp3) is 0.733. The molecule has 0 fully saturated rings. The molecule has 1 amide bonds. The minimum absolute atomic E-state index is 0.261. The molecule has 0 aromatic carbocycles. The van der Waals surface area contributed by atoms with Crippen LogP contribution < -0.4 is 5.32 Å². The first kappa shape index (κ1) is 19.4. The summed E-state index contributed by atoms with van der Waals surface area (Å²) in [6, 6.07) is -0.843. The third-order valence-corrected chi connectivity index (χ3v) is 2.45. The van der Waals surface area contributed by atoms with Crippen molar-refractivity contribution in [2.24, 2.45) is 0 Å². The molecule has 0 spiro atoms. The molecule has 1 unspecified atom stereocenters. The molecule has 0 rings (SSSR count). The van der Waals surface area contributed by atoms with E-state index in [9.17, 15) is 14.7 Å². The zero-order valence-electron chi connectivity index (χ0n) is 13.7. The number of esters is 1. The van der Waals surface area contributed by atoms with Gasteiger partial charge in [-0.1, -0.05) is 11.6 Å². The lowest BCUT2D eigenvalue weighted by Crippen LogP contribution is -2.44. The van der Waals surface area contributed by atoms with Gasteiger partial charge in [-0.05, 0) is 47.5 Å². The number of carbonyl (C=O) groups excluding carboxylic acids is 2. The minimum Gasteiger partial charge on any atom is -0.467 e. The van der Waals surface area contributed by atoms with Gasteiger partial charge in [0.25, 0.3) is 0 Å². The highest BCUT2D eigenvalue weighted by atomic mass is 16.6. The molecular formula is C15H27NO5. The largest absolute Gasteiger partial charge is 0.467 e. The molecule has 0 radical (unpaired) electrons. The van der Waals surface area contributed by atoms with Gasteiger partial charge in [0.2, 0.25) is 0 Å². The Labute approximate surface area is 126 Å². The van der Waals surface area contributed by atoms with Gasteiger partial charge in [-0.15, -0.1) is 0 Å². The summed E-state index contributed by atoms with van der Waals surface area (Å²) in [5.74, 6) is -0.565. The molecule has 6 nitrogen and oxygen atoms in total. The summed E-state index contributed by atoms with van der Waals surface area (Å²) >= 11 is 0. The first-order valence-corrected chi connectivity index (χ1v) is 6.95. The van der Waals surface area contributed by atoms with Crippen LogP contribution in [0.25, 0.3) is 0 Å². The average molecular weight is 301 g/mol. The Kier molecular flexibility index (Phi) is 8.02. The zero-order valence-corrected chi connectivity index (χ0v) is 13.7. The highest BCUT2D eigenvalue weighted by molar-refractivity contribution is 5.81. The first-order chi connectivity index (χ1) is 9.55. The van der Waals surface area contributed by atoms with E-state index < -0.39 is 29.8 Å². The average Bonchev–Trinajstić information content (AvgIpc) is 2.30. The van der Waals surface area contributed by atoms with Crippen LogP contribution >= 0.6 is 0 Å². The van der Waals surface area contributed by atoms with Crippen LogP contribution in [0.15, 0.2) is 11.6 Å². The standard InChI is InChI=1S/C15H27NO5/c1-10(2)9-11(17)7-8-12(13(18)20-6)16-14(19)21-15(3,4)5/h9,11-12,17H,7-8H2,1-6H3,(H,16,19)/t11?,12-/m1/s1. The van der Waals surface area contributed by atoms with Crippen molar-refractivity contribution in [2.75, 3.05) is 7.11 Å². The number of ether oxygens (including phenoxy) is 2. The molecule has 2 N–H and O–H groups in total. The van der Waals surface area contributed by atoms with Crippen LogP contribution in [0.5, 0.6) is 0 Å². The van der Waals surface area contributed by atoms with Crippen LogP contribution in [-0.4, -0.2) is 42.0 Å². The van der Waals surface area contributed by atoms with Crippen molar-refractivity contribution in [3.05, 3.63) is 11.6 Å². The van der Waals surface area contributed by atoms with E-state index in [4.69, 9.17) is 4.74 Å². The van der Waals surface area contributed by atoms with Crippen molar-refractivity contribution in [3.63, 3.8) is 0 Å². The van der Waals surface area contributed by atoms with Gasteiger partial charge < -0.3 is 19.9 Å². The second kappa shape index (κ2) is 8.67. The molecule has 0 aliphatic carbocycles. The molecule has 122 valence electrons. The number of hydrogen-bond acceptors (Lipinski definition) is 5. The molecule has 2 atom stereocenters. The molecule has 0 aromatic heterocycles. The monoisotopic (exact) mass is 301 g/mol. The highest BCUT2D eigenvalue weighted by Gasteiger charge is 2.25. The summed E-state index contributed by atoms with van der Waals surface area (Å²) in [6.45, 7) is 8.95. The fourth-order valence-electron chi connectivity index (χ4n) is 1.65. The molecule has 0 aliphatic rings. The van der Waals surface area contributed by atoms with Crippen molar-refractivity contribution < 1.29 is 24.2 Å². The number of aliphatic hydroxyl groups excluding tert-OH is 1. The Morgan fingerprint density at radius 2 is 1.81 bits per heavy atom. The van der Waals surface area contributed by atoms with Crippen LogP contribution in [0.3, 0.4) is 0 Å². The van der Waals surface area contributed by atoms with E-state index in [0.29, 0.717) is 6.42 Å². The highest BCUT2D eigenvalue weighted by Crippen LogP contribution is 2.10. The number of amides is 1. The SMILES string of the molecule is COC(=O)[C@@H](CCC(O)C=C(C)C)NC(=O)OC(C)(C)C. The van der Waals surface area contributed by atoms with E-state index >= 15 is 0 Å². The number of rotatable bonds is 6. The van der Waals surface area contributed by atoms with E-state index in [1.807, 2.05) is 13.8 Å². The molecule has 0 saturated heterocycles. The minimum atomic E-state index is -0.843. The normalized spacial score (nSPS) is 13.9. The summed E-state index contributed by atoms with van der Waals surface area (Å²) in [6.07, 6.45) is 0.941. The lowest BCUT2D eigenvalue weighted by Gasteiger charge is -2.23.